The molecule has 56 heavy (non-hydrogen) atoms. The molecular weight excluding hydrogens is 677 g/mol. The molecule has 0 unspecified atom stereocenters. The zero-order valence-corrected chi connectivity index (χ0v) is 30.8. The summed E-state index contributed by atoms with van der Waals surface area (Å²) in [4.78, 5) is 2.46. The first-order valence-corrected chi connectivity index (χ1v) is 19.2. The van der Waals surface area contributed by atoms with Crippen LogP contribution in [0.5, 0.6) is 0 Å². The Morgan fingerprint density at radius 1 is 0.286 bits per heavy atom. The quantitative estimate of drug-likeness (QED) is 0.152. The second kappa shape index (κ2) is 14.4. The van der Waals surface area contributed by atoms with Crippen molar-refractivity contribution in [1.82, 2.24) is 4.57 Å². The fourth-order valence-electron chi connectivity index (χ4n) is 8.16. The fourth-order valence-corrected chi connectivity index (χ4v) is 8.16. The van der Waals surface area contributed by atoms with Crippen molar-refractivity contribution in [3.63, 3.8) is 0 Å². The zero-order chi connectivity index (χ0) is 37.3. The second-order valence-corrected chi connectivity index (χ2v) is 14.1. The van der Waals surface area contributed by atoms with Crippen LogP contribution in [0, 0.1) is 0 Å². The van der Waals surface area contributed by atoms with E-state index < -0.39 is 0 Å². The van der Waals surface area contributed by atoms with Crippen molar-refractivity contribution in [2.75, 3.05) is 4.90 Å². The van der Waals surface area contributed by atoms with Gasteiger partial charge in [0.25, 0.3) is 0 Å². The van der Waals surface area contributed by atoms with E-state index in [1.54, 1.807) is 0 Å². The van der Waals surface area contributed by atoms with E-state index in [2.05, 4.69) is 240 Å². The van der Waals surface area contributed by atoms with E-state index >= 15 is 0 Å². The van der Waals surface area contributed by atoms with Gasteiger partial charge in [0.15, 0.2) is 0 Å². The number of para-hydroxylation sites is 4. The van der Waals surface area contributed by atoms with Crippen LogP contribution in [-0.2, 0) is 0 Å². The predicted octanol–water partition coefficient (Wildman–Crippen LogP) is 14.9. The largest absolute Gasteiger partial charge is 0.309 e. The molecule has 0 bridgehead atoms. The van der Waals surface area contributed by atoms with Crippen LogP contribution in [0.25, 0.3) is 72.0 Å². The van der Waals surface area contributed by atoms with Crippen molar-refractivity contribution in [1.29, 1.82) is 0 Å². The number of aromatic nitrogens is 1. The van der Waals surface area contributed by atoms with Crippen molar-refractivity contribution in [3.05, 3.63) is 231 Å². The monoisotopic (exact) mass is 714 g/mol. The Balaban J connectivity index is 1.21. The minimum atomic E-state index is 1.08. The maximum Gasteiger partial charge on any atom is 0.0561 e. The Morgan fingerprint density at radius 2 is 0.768 bits per heavy atom. The van der Waals surface area contributed by atoms with Gasteiger partial charge < -0.3 is 9.47 Å². The maximum atomic E-state index is 2.46. The van der Waals surface area contributed by atoms with Crippen LogP contribution in [0.15, 0.2) is 231 Å². The van der Waals surface area contributed by atoms with Gasteiger partial charge in [-0.3, -0.25) is 0 Å². The minimum absolute atomic E-state index is 1.08. The van der Waals surface area contributed by atoms with Gasteiger partial charge in [-0.15, -0.1) is 0 Å². The lowest BCUT2D eigenvalue weighted by molar-refractivity contribution is 1.18. The highest BCUT2D eigenvalue weighted by molar-refractivity contribution is 6.10. The van der Waals surface area contributed by atoms with Gasteiger partial charge in [0, 0.05) is 33.3 Å². The van der Waals surface area contributed by atoms with E-state index in [9.17, 15) is 0 Å². The highest BCUT2D eigenvalue weighted by Crippen LogP contribution is 2.46. The van der Waals surface area contributed by atoms with Gasteiger partial charge in [-0.1, -0.05) is 182 Å². The van der Waals surface area contributed by atoms with E-state index in [0.29, 0.717) is 0 Å². The average Bonchev–Trinajstić information content (AvgIpc) is 3.61. The van der Waals surface area contributed by atoms with Gasteiger partial charge in [0.2, 0.25) is 0 Å². The molecule has 2 nitrogen and oxygen atoms in total. The second-order valence-electron chi connectivity index (χ2n) is 14.1. The van der Waals surface area contributed by atoms with Crippen LogP contribution in [-0.4, -0.2) is 4.57 Å². The molecule has 0 fully saturated rings. The van der Waals surface area contributed by atoms with E-state index in [4.69, 9.17) is 0 Å². The van der Waals surface area contributed by atoms with Crippen LogP contribution in [0.4, 0.5) is 17.1 Å². The Morgan fingerprint density at radius 3 is 1.46 bits per heavy atom. The highest BCUT2D eigenvalue weighted by Gasteiger charge is 2.22. The lowest BCUT2D eigenvalue weighted by Crippen LogP contribution is -2.12. The number of nitrogens with zero attached hydrogens (tertiary/aromatic N) is 2. The fraction of sp³-hybridized carbons (Fsp3) is 0. The van der Waals surface area contributed by atoms with Crippen LogP contribution < -0.4 is 4.90 Å². The summed E-state index contributed by atoms with van der Waals surface area (Å²) in [5.74, 6) is 0. The first kappa shape index (κ1) is 33.2. The topological polar surface area (TPSA) is 8.17 Å². The molecule has 1 aromatic heterocycles. The Kier molecular flexibility index (Phi) is 8.55. The molecule has 0 aliphatic rings. The average molecular weight is 715 g/mol. The molecule has 264 valence electrons. The van der Waals surface area contributed by atoms with Crippen LogP contribution in [0.1, 0.15) is 0 Å². The van der Waals surface area contributed by atoms with Crippen molar-refractivity contribution in [2.24, 2.45) is 0 Å². The number of anilines is 3. The van der Waals surface area contributed by atoms with Gasteiger partial charge in [0.05, 0.1) is 22.4 Å². The minimum Gasteiger partial charge on any atom is -0.309 e. The van der Waals surface area contributed by atoms with Crippen LogP contribution in [0.3, 0.4) is 0 Å². The molecule has 0 amide bonds. The maximum absolute atomic E-state index is 2.46. The van der Waals surface area contributed by atoms with Crippen molar-refractivity contribution in [2.45, 2.75) is 0 Å². The number of rotatable bonds is 8. The zero-order valence-electron chi connectivity index (χ0n) is 30.8. The first-order valence-electron chi connectivity index (χ1n) is 19.2. The standard InChI is InChI=1S/C54H38N2/c1-4-17-39(18-5-1)41-31-33-42(34-32-41)47-25-10-13-28-51(47)56(52-29-14-11-26-48(52)44-22-16-21-43(37-44)40-19-6-2-7-20-40)46-35-36-50-49-27-12-15-30-53(49)55(54(50)38-46)45-23-8-3-9-24-45/h1-38H. The summed E-state index contributed by atoms with van der Waals surface area (Å²) < 4.78 is 2.40. The molecule has 0 saturated heterocycles. The van der Waals surface area contributed by atoms with Gasteiger partial charge in [-0.25, -0.2) is 0 Å². The van der Waals surface area contributed by atoms with E-state index in [1.807, 2.05) is 0 Å². The Bertz CT molecular complexity index is 2940. The summed E-state index contributed by atoms with van der Waals surface area (Å²) in [7, 11) is 0. The lowest BCUT2D eigenvalue weighted by atomic mass is 9.95. The molecule has 2 heteroatoms. The smallest absolute Gasteiger partial charge is 0.0561 e. The summed E-state index contributed by atoms with van der Waals surface area (Å²) in [5.41, 5.74) is 16.2. The number of benzene rings is 9. The third-order valence-corrected chi connectivity index (χ3v) is 10.8. The third-order valence-electron chi connectivity index (χ3n) is 10.8. The Hall–Kier alpha value is -7.42. The van der Waals surface area contributed by atoms with Gasteiger partial charge in [0.1, 0.15) is 0 Å². The first-order chi connectivity index (χ1) is 27.8. The van der Waals surface area contributed by atoms with Crippen LogP contribution in [0.2, 0.25) is 0 Å². The normalized spacial score (nSPS) is 11.2. The Labute approximate surface area is 327 Å². The molecule has 0 saturated carbocycles. The summed E-state index contributed by atoms with van der Waals surface area (Å²) in [6, 6.07) is 83.1. The van der Waals surface area contributed by atoms with Crippen molar-refractivity contribution < 1.29 is 0 Å². The number of fused-ring (bicyclic) bond motifs is 3. The summed E-state index contributed by atoms with van der Waals surface area (Å²) >= 11 is 0. The molecule has 9 aromatic carbocycles. The van der Waals surface area contributed by atoms with Gasteiger partial charge in [-0.2, -0.15) is 0 Å². The molecule has 0 aliphatic heterocycles. The molecule has 0 atom stereocenters. The van der Waals surface area contributed by atoms with Crippen molar-refractivity contribution >= 4 is 38.9 Å². The van der Waals surface area contributed by atoms with E-state index in [0.717, 1.165) is 50.5 Å². The molecule has 0 N–H and O–H groups in total. The lowest BCUT2D eigenvalue weighted by Gasteiger charge is -2.30. The molecular formula is C54H38N2. The molecule has 1 heterocycles. The molecule has 0 spiro atoms. The van der Waals surface area contributed by atoms with Crippen LogP contribution >= 0.6 is 0 Å². The molecule has 0 aliphatic carbocycles. The number of hydrogen-bond acceptors (Lipinski definition) is 1. The van der Waals surface area contributed by atoms with E-state index in [-0.39, 0.29) is 0 Å². The SMILES string of the molecule is c1ccc(-c2ccc(-c3ccccc3N(c3ccc4c5ccccc5n(-c5ccccc5)c4c3)c3ccccc3-c3cccc(-c4ccccc4)c3)cc2)cc1. The highest BCUT2D eigenvalue weighted by atomic mass is 15.1. The molecule has 10 rings (SSSR count). The number of hydrogen-bond donors (Lipinski definition) is 0. The predicted molar refractivity (Wildman–Crippen MR) is 237 cm³/mol. The van der Waals surface area contributed by atoms with Crippen molar-refractivity contribution in [3.8, 4) is 50.2 Å². The third kappa shape index (κ3) is 6.04. The summed E-state index contributed by atoms with van der Waals surface area (Å²) in [5, 5.41) is 2.46. The molecule has 0 radical (unpaired) electrons. The van der Waals surface area contributed by atoms with E-state index in [1.165, 1.54) is 38.5 Å². The van der Waals surface area contributed by atoms with Gasteiger partial charge in [-0.05, 0) is 81.9 Å². The summed E-state index contributed by atoms with van der Waals surface area (Å²) in [6.07, 6.45) is 0. The molecule has 10 aromatic rings. The summed E-state index contributed by atoms with van der Waals surface area (Å²) in [6.45, 7) is 0. The van der Waals surface area contributed by atoms with Gasteiger partial charge >= 0.3 is 0 Å².